The maximum Gasteiger partial charge on any atom is 0.288 e. The van der Waals surface area contributed by atoms with Gasteiger partial charge in [0.05, 0.1) is 6.33 Å². The lowest BCUT2D eigenvalue weighted by Crippen LogP contribution is -2.29. The predicted octanol–water partition coefficient (Wildman–Crippen LogP) is 0.884. The van der Waals surface area contributed by atoms with Gasteiger partial charge in [0, 0.05) is 13.5 Å². The number of rotatable bonds is 2. The van der Waals surface area contributed by atoms with E-state index >= 15 is 0 Å². The van der Waals surface area contributed by atoms with Gasteiger partial charge < -0.3 is 10.3 Å². The highest BCUT2D eigenvalue weighted by Gasteiger charge is 2.16. The van der Waals surface area contributed by atoms with E-state index in [0.717, 1.165) is 10.1 Å². The molecule has 0 fully saturated rings. The van der Waals surface area contributed by atoms with Crippen LogP contribution in [0.25, 0.3) is 11.2 Å². The van der Waals surface area contributed by atoms with Gasteiger partial charge in [-0.3, -0.25) is 9.59 Å². The number of carbonyl (C=O) groups is 1. The smallest absolute Gasteiger partial charge is 0.288 e. The first kappa shape index (κ1) is 13.0. The van der Waals surface area contributed by atoms with Gasteiger partial charge in [0.15, 0.2) is 11.2 Å². The fourth-order valence-corrected chi connectivity index (χ4v) is 2.24. The van der Waals surface area contributed by atoms with Crippen LogP contribution in [0.1, 0.15) is 17.3 Å². The molecule has 7 heteroatoms. The molecule has 3 rings (SSSR count). The van der Waals surface area contributed by atoms with Crippen molar-refractivity contribution >= 4 is 23.0 Å². The summed E-state index contributed by atoms with van der Waals surface area (Å²) in [7, 11) is 0. The van der Waals surface area contributed by atoms with Gasteiger partial charge in [0.1, 0.15) is 0 Å². The van der Waals surface area contributed by atoms with Crippen LogP contribution in [-0.2, 0) is 6.54 Å². The second-order valence-corrected chi connectivity index (χ2v) is 4.66. The summed E-state index contributed by atoms with van der Waals surface area (Å²) < 4.78 is 2.52. The molecular weight excluding hydrogens is 270 g/mol. The molecule has 0 saturated heterocycles. The lowest BCUT2D eigenvalue weighted by atomic mass is 10.2. The van der Waals surface area contributed by atoms with E-state index in [-0.39, 0.29) is 17.1 Å². The van der Waals surface area contributed by atoms with Crippen LogP contribution >= 0.6 is 0 Å². The highest BCUT2D eigenvalue weighted by Crippen LogP contribution is 2.11. The molecule has 0 amide bonds. The van der Waals surface area contributed by atoms with Gasteiger partial charge in [0.25, 0.3) is 5.56 Å². The summed E-state index contributed by atoms with van der Waals surface area (Å²) in [4.78, 5) is 32.1. The minimum atomic E-state index is -0.501. The molecule has 0 saturated carbocycles. The molecule has 0 atom stereocenters. The average molecular weight is 283 g/mol. The lowest BCUT2D eigenvalue weighted by molar-refractivity contribution is 0.0934. The van der Waals surface area contributed by atoms with E-state index < -0.39 is 11.5 Å². The maximum atomic E-state index is 12.4. The Bertz CT molecular complexity index is 880. The van der Waals surface area contributed by atoms with Crippen molar-refractivity contribution < 1.29 is 4.79 Å². The number of nitrogens with two attached hydrogens (primary N) is 1. The Hall–Kier alpha value is -2.96. The molecule has 0 aliphatic rings. The molecule has 0 spiro atoms. The fraction of sp³-hybridized carbons (Fsp3) is 0.143. The molecule has 2 aromatic heterocycles. The SMILES string of the molecule is CC(=O)n1c(N)nc2ncn(Cc3ccccc3)c2c1=O. The monoisotopic (exact) mass is 283 g/mol. The standard InChI is InChI=1S/C14H13N5O2/c1-9(20)19-13(21)11-12(17-14(19)15)16-8-18(11)7-10-5-3-2-4-6-10/h2-6,8H,7H2,1H3,(H2,15,17). The minimum Gasteiger partial charge on any atom is -0.369 e. The molecule has 1 aromatic carbocycles. The first-order chi connectivity index (χ1) is 10.1. The van der Waals surface area contributed by atoms with Crippen molar-refractivity contribution in [2.45, 2.75) is 13.5 Å². The summed E-state index contributed by atoms with van der Waals surface area (Å²) in [6.07, 6.45) is 1.52. The van der Waals surface area contributed by atoms with Gasteiger partial charge in [-0.05, 0) is 5.56 Å². The van der Waals surface area contributed by atoms with Crippen molar-refractivity contribution in [2.75, 3.05) is 5.73 Å². The van der Waals surface area contributed by atoms with Crippen LogP contribution in [0.5, 0.6) is 0 Å². The third-order valence-corrected chi connectivity index (χ3v) is 3.18. The van der Waals surface area contributed by atoms with Crippen molar-refractivity contribution in [1.82, 2.24) is 19.1 Å². The number of imidazole rings is 1. The van der Waals surface area contributed by atoms with E-state index in [9.17, 15) is 9.59 Å². The number of benzene rings is 1. The highest BCUT2D eigenvalue weighted by molar-refractivity contribution is 5.82. The maximum absolute atomic E-state index is 12.4. The van der Waals surface area contributed by atoms with Crippen molar-refractivity contribution in [1.29, 1.82) is 0 Å². The van der Waals surface area contributed by atoms with Gasteiger partial charge in [-0.1, -0.05) is 30.3 Å². The third-order valence-electron chi connectivity index (χ3n) is 3.18. The highest BCUT2D eigenvalue weighted by atomic mass is 16.2. The van der Waals surface area contributed by atoms with Crippen LogP contribution in [-0.4, -0.2) is 25.0 Å². The van der Waals surface area contributed by atoms with E-state index in [2.05, 4.69) is 9.97 Å². The molecule has 3 aromatic rings. The summed E-state index contributed by atoms with van der Waals surface area (Å²) in [6.45, 7) is 1.74. The second kappa shape index (κ2) is 4.86. The summed E-state index contributed by atoms with van der Waals surface area (Å²) in [5, 5.41) is 0. The second-order valence-electron chi connectivity index (χ2n) is 4.66. The number of hydrogen-bond acceptors (Lipinski definition) is 5. The third kappa shape index (κ3) is 2.18. The van der Waals surface area contributed by atoms with Crippen LogP contribution in [0.3, 0.4) is 0 Å². The minimum absolute atomic E-state index is 0.148. The van der Waals surface area contributed by atoms with E-state index in [4.69, 9.17) is 5.73 Å². The van der Waals surface area contributed by atoms with E-state index in [1.54, 1.807) is 4.57 Å². The van der Waals surface area contributed by atoms with Gasteiger partial charge in [-0.25, -0.2) is 9.55 Å². The van der Waals surface area contributed by atoms with E-state index in [1.807, 2.05) is 30.3 Å². The Morgan fingerprint density at radius 1 is 1.29 bits per heavy atom. The summed E-state index contributed by atoms with van der Waals surface area (Å²) >= 11 is 0. The zero-order valence-electron chi connectivity index (χ0n) is 11.4. The summed E-state index contributed by atoms with van der Waals surface area (Å²) in [5.41, 5.74) is 6.66. The Labute approximate surface area is 119 Å². The number of carbonyl (C=O) groups excluding carboxylic acids is 1. The van der Waals surface area contributed by atoms with Crippen LogP contribution in [0.2, 0.25) is 0 Å². The molecule has 2 N–H and O–H groups in total. The van der Waals surface area contributed by atoms with Gasteiger partial charge in [-0.2, -0.15) is 4.98 Å². The lowest BCUT2D eigenvalue weighted by Gasteiger charge is -2.07. The number of nitrogens with zero attached hydrogens (tertiary/aromatic N) is 4. The van der Waals surface area contributed by atoms with Crippen molar-refractivity contribution in [3.8, 4) is 0 Å². The number of aromatic nitrogens is 4. The molecular formula is C14H13N5O2. The number of fused-ring (bicyclic) bond motifs is 1. The molecule has 106 valence electrons. The van der Waals surface area contributed by atoms with Crippen molar-refractivity contribution in [3.05, 3.63) is 52.6 Å². The first-order valence-electron chi connectivity index (χ1n) is 6.36. The Balaban J connectivity index is 2.20. The molecule has 0 aliphatic heterocycles. The first-order valence-corrected chi connectivity index (χ1v) is 6.36. The largest absolute Gasteiger partial charge is 0.369 e. The van der Waals surface area contributed by atoms with Gasteiger partial charge in [-0.15, -0.1) is 0 Å². The Morgan fingerprint density at radius 3 is 2.67 bits per heavy atom. The van der Waals surface area contributed by atoms with Crippen LogP contribution in [0.4, 0.5) is 5.95 Å². The van der Waals surface area contributed by atoms with E-state index in [0.29, 0.717) is 6.54 Å². The molecule has 2 heterocycles. The average Bonchev–Trinajstić information content (AvgIpc) is 2.82. The number of nitrogen functional groups attached to an aromatic ring is 1. The zero-order valence-corrected chi connectivity index (χ0v) is 11.4. The van der Waals surface area contributed by atoms with E-state index in [1.165, 1.54) is 13.3 Å². The number of hydrogen-bond donors (Lipinski definition) is 1. The normalized spacial score (nSPS) is 10.9. The Morgan fingerprint density at radius 2 is 2.00 bits per heavy atom. The van der Waals surface area contributed by atoms with Gasteiger partial charge in [0.2, 0.25) is 11.9 Å². The van der Waals surface area contributed by atoms with Crippen molar-refractivity contribution in [2.24, 2.45) is 0 Å². The molecule has 0 bridgehead atoms. The fourth-order valence-electron chi connectivity index (χ4n) is 2.24. The number of anilines is 1. The quantitative estimate of drug-likeness (QED) is 0.753. The van der Waals surface area contributed by atoms with Crippen LogP contribution in [0, 0.1) is 0 Å². The Kier molecular flexibility index (Phi) is 3.02. The summed E-state index contributed by atoms with van der Waals surface area (Å²) in [6, 6.07) is 9.64. The molecule has 0 radical (unpaired) electrons. The molecule has 0 aliphatic carbocycles. The zero-order chi connectivity index (χ0) is 15.0. The predicted molar refractivity (Wildman–Crippen MR) is 78.0 cm³/mol. The van der Waals surface area contributed by atoms with Crippen molar-refractivity contribution in [3.63, 3.8) is 0 Å². The summed E-state index contributed by atoms with van der Waals surface area (Å²) in [5.74, 6) is -0.621. The molecule has 21 heavy (non-hydrogen) atoms. The van der Waals surface area contributed by atoms with Gasteiger partial charge >= 0.3 is 0 Å². The topological polar surface area (TPSA) is 95.8 Å². The van der Waals surface area contributed by atoms with Crippen LogP contribution in [0.15, 0.2) is 41.5 Å². The molecule has 7 nitrogen and oxygen atoms in total. The molecule has 0 unspecified atom stereocenters. The van der Waals surface area contributed by atoms with Crippen LogP contribution < -0.4 is 11.3 Å².